The summed E-state index contributed by atoms with van der Waals surface area (Å²) in [6, 6.07) is 3.35. The Morgan fingerprint density at radius 2 is 1.91 bits per heavy atom. The van der Waals surface area contributed by atoms with Gasteiger partial charge in [-0.25, -0.2) is 4.79 Å². The fourth-order valence-corrected chi connectivity index (χ4v) is 2.46. The molecule has 6 heteroatoms. The van der Waals surface area contributed by atoms with Crippen molar-refractivity contribution >= 4 is 11.8 Å². The molecule has 0 amide bonds. The second kappa shape index (κ2) is 8.79. The fraction of sp³-hybridized carbons (Fsp3) is 0.471. The van der Waals surface area contributed by atoms with Crippen LogP contribution in [0.15, 0.2) is 6.07 Å². The molecule has 0 bridgehead atoms. The van der Waals surface area contributed by atoms with Crippen molar-refractivity contribution in [3.63, 3.8) is 0 Å². The molecule has 0 saturated carbocycles. The second-order valence-electron chi connectivity index (χ2n) is 5.07. The minimum absolute atomic E-state index is 0.0109. The average Bonchev–Trinajstić information content (AvgIpc) is 2.56. The number of nitrogens with zero attached hydrogens (tertiary/aromatic N) is 1. The van der Waals surface area contributed by atoms with Crippen LogP contribution in [0.5, 0.6) is 11.5 Å². The zero-order chi connectivity index (χ0) is 17.4. The van der Waals surface area contributed by atoms with Crippen LogP contribution in [0.25, 0.3) is 0 Å². The van der Waals surface area contributed by atoms with E-state index in [1.807, 2.05) is 6.07 Å². The van der Waals surface area contributed by atoms with E-state index in [1.165, 1.54) is 20.3 Å². The fourth-order valence-electron chi connectivity index (χ4n) is 2.46. The second-order valence-corrected chi connectivity index (χ2v) is 5.07. The van der Waals surface area contributed by atoms with E-state index < -0.39 is 11.8 Å². The van der Waals surface area contributed by atoms with Gasteiger partial charge < -0.3 is 14.6 Å². The molecule has 1 rings (SSSR count). The van der Waals surface area contributed by atoms with Gasteiger partial charge in [-0.05, 0) is 24.5 Å². The Morgan fingerprint density at radius 1 is 1.22 bits per heavy atom. The molecule has 0 saturated heterocycles. The first-order valence-electron chi connectivity index (χ1n) is 7.47. The number of benzene rings is 1. The highest BCUT2D eigenvalue weighted by Crippen LogP contribution is 2.36. The Balaban J connectivity index is 3.43. The maximum absolute atomic E-state index is 12.0. The van der Waals surface area contributed by atoms with Gasteiger partial charge in [-0.3, -0.25) is 4.79 Å². The molecule has 1 aromatic rings. The first kappa shape index (κ1) is 18.5. The van der Waals surface area contributed by atoms with Crippen LogP contribution in [0.1, 0.15) is 54.1 Å². The minimum Gasteiger partial charge on any atom is -0.493 e. The summed E-state index contributed by atoms with van der Waals surface area (Å²) in [5.41, 5.74) is 0.560. The molecule has 0 atom stereocenters. The highest BCUT2D eigenvalue weighted by molar-refractivity contribution is 6.40. The van der Waals surface area contributed by atoms with E-state index in [4.69, 9.17) is 14.6 Å². The number of ketones is 1. The molecular formula is C17H21NO5. The van der Waals surface area contributed by atoms with Gasteiger partial charge in [0.2, 0.25) is 0 Å². The molecule has 0 aliphatic rings. The number of hydrogen-bond donors (Lipinski definition) is 1. The van der Waals surface area contributed by atoms with Crippen LogP contribution in [0.3, 0.4) is 0 Å². The van der Waals surface area contributed by atoms with Crippen LogP contribution in [-0.4, -0.2) is 31.1 Å². The summed E-state index contributed by atoms with van der Waals surface area (Å²) in [5.74, 6) is -2.21. The van der Waals surface area contributed by atoms with Crippen LogP contribution in [0.2, 0.25) is 0 Å². The van der Waals surface area contributed by atoms with Crippen molar-refractivity contribution in [3.8, 4) is 17.6 Å². The number of carbonyl (C=O) groups excluding carboxylic acids is 1. The Hall–Kier alpha value is -2.55. The number of carbonyl (C=O) groups is 2. The van der Waals surface area contributed by atoms with Crippen LogP contribution in [0, 0.1) is 11.3 Å². The summed E-state index contributed by atoms with van der Waals surface area (Å²) in [6.07, 6.45) is 4.24. The van der Waals surface area contributed by atoms with Gasteiger partial charge in [0.25, 0.3) is 5.78 Å². The number of rotatable bonds is 9. The van der Waals surface area contributed by atoms with Crippen molar-refractivity contribution in [2.75, 3.05) is 14.2 Å². The lowest BCUT2D eigenvalue weighted by Crippen LogP contribution is -2.17. The smallest absolute Gasteiger partial charge is 0.377 e. The van der Waals surface area contributed by atoms with Crippen molar-refractivity contribution in [1.82, 2.24) is 0 Å². The molecule has 0 heterocycles. The number of Topliss-reactive ketones (excluding diaryl/α,β-unsaturated/α-hetero) is 1. The van der Waals surface area contributed by atoms with Gasteiger partial charge in [0.05, 0.1) is 14.2 Å². The quantitative estimate of drug-likeness (QED) is 0.427. The van der Waals surface area contributed by atoms with Crippen molar-refractivity contribution in [2.24, 2.45) is 0 Å². The molecule has 6 nitrogen and oxygen atoms in total. The van der Waals surface area contributed by atoms with Gasteiger partial charge in [0.15, 0.2) is 11.5 Å². The summed E-state index contributed by atoms with van der Waals surface area (Å²) in [7, 11) is 2.77. The number of hydrogen-bond acceptors (Lipinski definition) is 5. The number of carboxylic acids is 1. The lowest BCUT2D eigenvalue weighted by atomic mass is 9.92. The van der Waals surface area contributed by atoms with Crippen LogP contribution in [0.4, 0.5) is 0 Å². The van der Waals surface area contributed by atoms with Crippen molar-refractivity contribution in [3.05, 3.63) is 22.8 Å². The van der Waals surface area contributed by atoms with Gasteiger partial charge in [0.1, 0.15) is 11.6 Å². The SMILES string of the molecule is CCCCCCc1c(C(=O)C(=O)O)cc(OC)c(OC)c1C#N. The molecule has 124 valence electrons. The van der Waals surface area contributed by atoms with Crippen molar-refractivity contribution in [2.45, 2.75) is 39.0 Å². The lowest BCUT2D eigenvalue weighted by Gasteiger charge is -2.16. The van der Waals surface area contributed by atoms with E-state index >= 15 is 0 Å². The molecule has 23 heavy (non-hydrogen) atoms. The van der Waals surface area contributed by atoms with Crippen LogP contribution in [-0.2, 0) is 11.2 Å². The van der Waals surface area contributed by atoms with Gasteiger partial charge in [-0.15, -0.1) is 0 Å². The predicted octanol–water partition coefficient (Wildman–Crippen LogP) is 2.97. The Bertz CT molecular complexity index is 631. The summed E-state index contributed by atoms with van der Waals surface area (Å²) < 4.78 is 10.3. The third-order valence-electron chi connectivity index (χ3n) is 3.61. The maximum atomic E-state index is 12.0. The molecule has 0 spiro atoms. The van der Waals surface area contributed by atoms with Gasteiger partial charge in [-0.2, -0.15) is 5.26 Å². The normalized spacial score (nSPS) is 10.0. The third kappa shape index (κ3) is 4.22. The van der Waals surface area contributed by atoms with Crippen LogP contribution < -0.4 is 9.47 Å². The molecule has 0 aliphatic carbocycles. The van der Waals surface area contributed by atoms with E-state index in [0.717, 1.165) is 25.7 Å². The molecule has 0 unspecified atom stereocenters. The number of nitriles is 1. The summed E-state index contributed by atoms with van der Waals surface area (Å²) in [6.45, 7) is 2.08. The number of methoxy groups -OCH3 is 2. The molecule has 0 radical (unpaired) electrons. The van der Waals surface area contributed by atoms with E-state index in [9.17, 15) is 14.9 Å². The largest absolute Gasteiger partial charge is 0.493 e. The van der Waals surface area contributed by atoms with Crippen LogP contribution >= 0.6 is 0 Å². The first-order valence-corrected chi connectivity index (χ1v) is 7.47. The van der Waals surface area contributed by atoms with Gasteiger partial charge in [0, 0.05) is 5.56 Å². The maximum Gasteiger partial charge on any atom is 0.377 e. The summed E-state index contributed by atoms with van der Waals surface area (Å²) >= 11 is 0. The molecular weight excluding hydrogens is 298 g/mol. The van der Waals surface area contributed by atoms with Gasteiger partial charge in [-0.1, -0.05) is 26.2 Å². The van der Waals surface area contributed by atoms with Crippen molar-refractivity contribution < 1.29 is 24.2 Å². The Kier molecular flexibility index (Phi) is 7.07. The zero-order valence-electron chi connectivity index (χ0n) is 13.6. The molecule has 1 N–H and O–H groups in total. The predicted molar refractivity (Wildman–Crippen MR) is 84.1 cm³/mol. The van der Waals surface area contributed by atoms with E-state index in [2.05, 4.69) is 6.92 Å². The molecule has 0 aliphatic heterocycles. The number of carboxylic acid groups (broad SMARTS) is 1. The Morgan fingerprint density at radius 3 is 2.39 bits per heavy atom. The van der Waals surface area contributed by atoms with Gasteiger partial charge >= 0.3 is 5.97 Å². The third-order valence-corrected chi connectivity index (χ3v) is 3.61. The summed E-state index contributed by atoms with van der Waals surface area (Å²) in [5, 5.41) is 18.5. The molecule has 1 aromatic carbocycles. The average molecular weight is 319 g/mol. The number of unbranched alkanes of at least 4 members (excludes halogenated alkanes) is 3. The van der Waals surface area contributed by atoms with Crippen molar-refractivity contribution in [1.29, 1.82) is 5.26 Å². The zero-order valence-corrected chi connectivity index (χ0v) is 13.6. The first-order chi connectivity index (χ1) is 11.0. The minimum atomic E-state index is -1.56. The topological polar surface area (TPSA) is 96.6 Å². The highest BCUT2D eigenvalue weighted by Gasteiger charge is 2.26. The monoisotopic (exact) mass is 319 g/mol. The number of aliphatic carboxylic acids is 1. The molecule has 0 aromatic heterocycles. The van der Waals surface area contributed by atoms with E-state index in [-0.39, 0.29) is 22.6 Å². The lowest BCUT2D eigenvalue weighted by molar-refractivity contribution is -0.131. The Labute approximate surface area is 135 Å². The summed E-state index contributed by atoms with van der Waals surface area (Å²) in [4.78, 5) is 23.1. The highest BCUT2D eigenvalue weighted by atomic mass is 16.5. The molecule has 0 fully saturated rings. The van der Waals surface area contributed by atoms with E-state index in [1.54, 1.807) is 0 Å². The number of ether oxygens (including phenoxy) is 2. The van der Waals surface area contributed by atoms with E-state index in [0.29, 0.717) is 12.0 Å². The standard InChI is InChI=1S/C17H21NO5/c1-4-5-6-7-8-11-12(15(19)17(20)21)9-14(22-2)16(23-3)13(11)10-18/h9H,4-8H2,1-3H3,(H,20,21).